The van der Waals surface area contributed by atoms with E-state index in [2.05, 4.69) is 0 Å². The maximum Gasteiger partial charge on any atom is 0.323 e. The molecule has 1 radical (unpaired) electrons. The second kappa shape index (κ2) is 4.76. The molecule has 0 spiro atoms. The Labute approximate surface area is 63.5 Å². The third-order valence-electron chi connectivity index (χ3n) is 0.805. The number of carboxylic acids is 1. The zero-order valence-electron chi connectivity index (χ0n) is 4.84. The van der Waals surface area contributed by atoms with Crippen molar-refractivity contribution >= 4 is 5.97 Å². The third-order valence-corrected chi connectivity index (χ3v) is 0.805. The van der Waals surface area contributed by atoms with Crippen LogP contribution in [0.3, 0.4) is 0 Å². The van der Waals surface area contributed by atoms with Gasteiger partial charge in [0.1, 0.15) is 6.04 Å². The van der Waals surface area contributed by atoms with Gasteiger partial charge in [-0.2, -0.15) is 0 Å². The molecular formula is C4H9CuNO3. The summed E-state index contributed by atoms with van der Waals surface area (Å²) in [7, 11) is 0. The summed E-state index contributed by atoms with van der Waals surface area (Å²) in [6.07, 6.45) is -0.979. The Morgan fingerprint density at radius 1 is 1.67 bits per heavy atom. The smallest absolute Gasteiger partial charge is 0.323 e. The fraction of sp³-hybridized carbons (Fsp3) is 0.750. The van der Waals surface area contributed by atoms with Crippen molar-refractivity contribution in [2.75, 3.05) is 0 Å². The van der Waals surface area contributed by atoms with Crippen LogP contribution in [0.4, 0.5) is 0 Å². The van der Waals surface area contributed by atoms with Crippen LogP contribution in [0.2, 0.25) is 0 Å². The molecule has 0 aromatic carbocycles. The molecule has 0 aromatic rings. The number of aliphatic hydroxyl groups is 1. The van der Waals surface area contributed by atoms with Crippen LogP contribution in [0.5, 0.6) is 0 Å². The fourth-order valence-corrected chi connectivity index (χ4v) is 0.206. The first-order valence-electron chi connectivity index (χ1n) is 2.22. The second-order valence-corrected chi connectivity index (χ2v) is 1.60. The number of hydrogen-bond donors (Lipinski definition) is 3. The SMILES string of the molecule is C[C@H](O)[C@@H](N)C(=O)O.[Cu]. The summed E-state index contributed by atoms with van der Waals surface area (Å²) < 4.78 is 0. The van der Waals surface area contributed by atoms with Crippen molar-refractivity contribution in [3.05, 3.63) is 0 Å². The van der Waals surface area contributed by atoms with Gasteiger partial charge in [-0.1, -0.05) is 0 Å². The minimum atomic E-state index is -1.18. The molecule has 0 bridgehead atoms. The Morgan fingerprint density at radius 2 is 2.00 bits per heavy atom. The van der Waals surface area contributed by atoms with Crippen molar-refractivity contribution in [3.8, 4) is 0 Å². The molecule has 9 heavy (non-hydrogen) atoms. The Bertz CT molecular complexity index is 95.8. The monoisotopic (exact) mass is 182 g/mol. The predicted octanol–water partition coefficient (Wildman–Crippen LogP) is -1.22. The first-order valence-corrected chi connectivity index (χ1v) is 2.22. The molecule has 0 fully saturated rings. The van der Waals surface area contributed by atoms with E-state index in [0.29, 0.717) is 0 Å². The number of rotatable bonds is 2. The second-order valence-electron chi connectivity index (χ2n) is 1.60. The maximum absolute atomic E-state index is 9.86. The van der Waals surface area contributed by atoms with Gasteiger partial charge in [-0.25, -0.2) is 0 Å². The zero-order valence-corrected chi connectivity index (χ0v) is 5.78. The quantitative estimate of drug-likeness (QED) is 0.468. The number of aliphatic hydroxyl groups excluding tert-OH is 1. The molecule has 4 nitrogen and oxygen atoms in total. The Kier molecular flexibility index (Phi) is 6.17. The minimum Gasteiger partial charge on any atom is -0.480 e. The van der Waals surface area contributed by atoms with Crippen LogP contribution in [0.1, 0.15) is 6.92 Å². The molecule has 0 rings (SSSR count). The van der Waals surface area contributed by atoms with Crippen molar-refractivity contribution in [2.45, 2.75) is 19.1 Å². The normalized spacial score (nSPS) is 15.4. The van der Waals surface area contributed by atoms with Crippen molar-refractivity contribution < 1.29 is 32.1 Å². The van der Waals surface area contributed by atoms with Gasteiger partial charge < -0.3 is 15.9 Å². The van der Waals surface area contributed by atoms with E-state index in [4.69, 9.17) is 15.9 Å². The molecule has 0 saturated heterocycles. The summed E-state index contributed by atoms with van der Waals surface area (Å²) in [5.41, 5.74) is 4.91. The fourth-order valence-electron chi connectivity index (χ4n) is 0.206. The molecule has 2 atom stereocenters. The summed E-state index contributed by atoms with van der Waals surface area (Å²) >= 11 is 0. The van der Waals surface area contributed by atoms with Gasteiger partial charge >= 0.3 is 5.97 Å². The molecule has 0 aliphatic heterocycles. The first-order chi connectivity index (χ1) is 3.55. The number of carboxylic acid groups (broad SMARTS) is 1. The van der Waals surface area contributed by atoms with Gasteiger partial charge in [0.2, 0.25) is 0 Å². The van der Waals surface area contributed by atoms with Crippen molar-refractivity contribution in [1.82, 2.24) is 0 Å². The van der Waals surface area contributed by atoms with E-state index in [9.17, 15) is 4.79 Å². The van der Waals surface area contributed by atoms with Crippen LogP contribution in [-0.2, 0) is 21.9 Å². The van der Waals surface area contributed by atoms with E-state index in [0.717, 1.165) is 0 Å². The predicted molar refractivity (Wildman–Crippen MR) is 27.3 cm³/mol. The molecule has 0 saturated carbocycles. The summed E-state index contributed by atoms with van der Waals surface area (Å²) in [4.78, 5) is 9.86. The Hall–Kier alpha value is -0.0905. The minimum absolute atomic E-state index is 0. The Balaban J connectivity index is 0. The van der Waals surface area contributed by atoms with E-state index in [-0.39, 0.29) is 17.1 Å². The standard InChI is InChI=1S/C4H9NO3.Cu/c1-2(6)3(5)4(7)8;/h2-3,6H,5H2,1H3,(H,7,8);/t2-,3+;/m0./s1. The molecule has 0 unspecified atom stereocenters. The topological polar surface area (TPSA) is 83.5 Å². The molecule has 0 heterocycles. The molecule has 5 heteroatoms. The van der Waals surface area contributed by atoms with Crippen molar-refractivity contribution in [2.24, 2.45) is 5.73 Å². The van der Waals surface area contributed by atoms with Crippen molar-refractivity contribution in [3.63, 3.8) is 0 Å². The number of nitrogens with two attached hydrogens (primary N) is 1. The maximum atomic E-state index is 9.86. The van der Waals surface area contributed by atoms with Crippen molar-refractivity contribution in [1.29, 1.82) is 0 Å². The molecule has 0 aromatic heterocycles. The average Bonchev–Trinajstić information content (AvgIpc) is 1.64. The summed E-state index contributed by atoms with van der Waals surface area (Å²) in [6.45, 7) is 1.33. The zero-order chi connectivity index (χ0) is 6.73. The molecule has 0 aliphatic rings. The largest absolute Gasteiger partial charge is 0.480 e. The van der Waals surface area contributed by atoms with Gasteiger partial charge in [0.25, 0.3) is 0 Å². The van der Waals surface area contributed by atoms with Crippen LogP contribution >= 0.6 is 0 Å². The summed E-state index contributed by atoms with van der Waals surface area (Å²) in [5, 5.41) is 16.6. The number of carbonyl (C=O) groups is 1. The van der Waals surface area contributed by atoms with E-state index >= 15 is 0 Å². The van der Waals surface area contributed by atoms with E-state index in [1.165, 1.54) is 6.92 Å². The molecule has 4 N–H and O–H groups in total. The van der Waals surface area contributed by atoms with Crippen LogP contribution in [0.15, 0.2) is 0 Å². The van der Waals surface area contributed by atoms with Crippen LogP contribution in [-0.4, -0.2) is 28.3 Å². The van der Waals surface area contributed by atoms with E-state index in [1.807, 2.05) is 0 Å². The third kappa shape index (κ3) is 4.42. The summed E-state index contributed by atoms with van der Waals surface area (Å²) in [6, 6.07) is -1.16. The Morgan fingerprint density at radius 3 is 2.00 bits per heavy atom. The van der Waals surface area contributed by atoms with Gasteiger partial charge in [0.05, 0.1) is 6.10 Å². The van der Waals surface area contributed by atoms with Gasteiger partial charge in [-0.05, 0) is 6.92 Å². The van der Waals surface area contributed by atoms with Crippen LogP contribution < -0.4 is 5.73 Å². The van der Waals surface area contributed by atoms with Gasteiger partial charge in [-0.3, -0.25) is 4.79 Å². The molecule has 0 aliphatic carbocycles. The average molecular weight is 183 g/mol. The molecule has 0 amide bonds. The molecular weight excluding hydrogens is 174 g/mol. The van der Waals surface area contributed by atoms with Gasteiger partial charge in [-0.15, -0.1) is 0 Å². The van der Waals surface area contributed by atoms with Gasteiger partial charge in [0.15, 0.2) is 0 Å². The van der Waals surface area contributed by atoms with Gasteiger partial charge in [0, 0.05) is 17.1 Å². The molecule has 59 valence electrons. The number of hydrogen-bond acceptors (Lipinski definition) is 3. The van der Waals surface area contributed by atoms with Crippen LogP contribution in [0.25, 0.3) is 0 Å². The number of aliphatic carboxylic acids is 1. The first kappa shape index (κ1) is 11.7. The van der Waals surface area contributed by atoms with E-state index < -0.39 is 18.1 Å². The summed E-state index contributed by atoms with van der Waals surface area (Å²) in [5.74, 6) is -1.18. The van der Waals surface area contributed by atoms with E-state index in [1.54, 1.807) is 0 Å². The van der Waals surface area contributed by atoms with Crippen LogP contribution in [0, 0.1) is 0 Å².